The number of benzene rings is 1. The van der Waals surface area contributed by atoms with Crippen molar-refractivity contribution in [3.8, 4) is 0 Å². The summed E-state index contributed by atoms with van der Waals surface area (Å²) >= 11 is 0. The zero-order valence-electron chi connectivity index (χ0n) is 10.5. The van der Waals surface area contributed by atoms with Crippen molar-refractivity contribution in [3.63, 3.8) is 0 Å². The van der Waals surface area contributed by atoms with Crippen molar-refractivity contribution < 1.29 is 18.3 Å². The first-order valence-corrected chi connectivity index (χ1v) is 5.94. The maximum Gasteiger partial charge on any atom is 0.418 e. The molecule has 0 aliphatic carbocycles. The Bertz CT molecular complexity index is 378. The van der Waals surface area contributed by atoms with Crippen molar-refractivity contribution in [2.45, 2.75) is 38.4 Å². The summed E-state index contributed by atoms with van der Waals surface area (Å²) in [6, 6.07) is 5.33. The molecule has 5 heteroatoms. The number of hydrogen-bond donors (Lipinski definition) is 2. The molecule has 1 aromatic carbocycles. The van der Waals surface area contributed by atoms with Crippen molar-refractivity contribution in [1.29, 1.82) is 0 Å². The van der Waals surface area contributed by atoms with Gasteiger partial charge >= 0.3 is 6.18 Å². The molecule has 1 rings (SSSR count). The van der Waals surface area contributed by atoms with Gasteiger partial charge in [0.2, 0.25) is 0 Å². The quantitative estimate of drug-likeness (QED) is 0.847. The van der Waals surface area contributed by atoms with E-state index >= 15 is 0 Å². The molecule has 0 fully saturated rings. The highest BCUT2D eigenvalue weighted by molar-refractivity contribution is 5.54. The maximum absolute atomic E-state index is 12.8. The third-order valence-corrected chi connectivity index (χ3v) is 3.29. The summed E-state index contributed by atoms with van der Waals surface area (Å²) in [4.78, 5) is 0. The van der Waals surface area contributed by atoms with Crippen molar-refractivity contribution >= 4 is 5.69 Å². The van der Waals surface area contributed by atoms with Gasteiger partial charge in [-0.25, -0.2) is 0 Å². The third-order valence-electron chi connectivity index (χ3n) is 3.29. The molecule has 0 spiro atoms. The molecule has 0 unspecified atom stereocenters. The highest BCUT2D eigenvalue weighted by atomic mass is 19.4. The molecule has 0 saturated carbocycles. The third kappa shape index (κ3) is 3.16. The number of nitrogens with one attached hydrogen (secondary N) is 1. The van der Waals surface area contributed by atoms with Crippen LogP contribution in [0.3, 0.4) is 0 Å². The summed E-state index contributed by atoms with van der Waals surface area (Å²) in [5, 5.41) is 12.2. The van der Waals surface area contributed by atoms with E-state index in [4.69, 9.17) is 0 Å². The predicted molar refractivity (Wildman–Crippen MR) is 65.5 cm³/mol. The Kier molecular flexibility index (Phi) is 4.62. The summed E-state index contributed by atoms with van der Waals surface area (Å²) in [6.45, 7) is 3.47. The molecule has 0 aliphatic rings. The summed E-state index contributed by atoms with van der Waals surface area (Å²) in [7, 11) is 0. The first kappa shape index (κ1) is 14.8. The van der Waals surface area contributed by atoms with Crippen LogP contribution in [0.25, 0.3) is 0 Å². The molecular formula is C13H18F3NO. The largest absolute Gasteiger partial charge is 0.418 e. The van der Waals surface area contributed by atoms with E-state index in [1.165, 1.54) is 12.1 Å². The number of para-hydroxylation sites is 1. The molecule has 0 saturated heterocycles. The Morgan fingerprint density at radius 1 is 1.11 bits per heavy atom. The maximum atomic E-state index is 12.8. The van der Waals surface area contributed by atoms with Gasteiger partial charge in [0.1, 0.15) is 0 Å². The molecule has 0 aliphatic heterocycles. The number of halogens is 3. The standard InChI is InChI=1S/C13H18F3NO/c1-3-12(4-2,9-18)17-11-8-6-5-7-10(11)13(14,15)16/h5-8,17-18H,3-4,9H2,1-2H3. The van der Waals surface area contributed by atoms with Crippen molar-refractivity contribution in [3.05, 3.63) is 29.8 Å². The van der Waals surface area contributed by atoms with Crippen LogP contribution in [-0.2, 0) is 6.18 Å². The molecule has 2 N–H and O–H groups in total. The Morgan fingerprint density at radius 2 is 1.67 bits per heavy atom. The van der Waals surface area contributed by atoms with Crippen molar-refractivity contribution in [2.24, 2.45) is 0 Å². The Labute approximate surface area is 105 Å². The zero-order valence-corrected chi connectivity index (χ0v) is 10.5. The SMILES string of the molecule is CCC(CC)(CO)Nc1ccccc1C(F)(F)F. The second kappa shape index (κ2) is 5.61. The number of rotatable bonds is 5. The second-order valence-electron chi connectivity index (χ2n) is 4.31. The van der Waals surface area contributed by atoms with E-state index < -0.39 is 17.3 Å². The molecule has 18 heavy (non-hydrogen) atoms. The number of hydrogen-bond acceptors (Lipinski definition) is 2. The first-order valence-electron chi connectivity index (χ1n) is 5.94. The van der Waals surface area contributed by atoms with Gasteiger partial charge in [0.05, 0.1) is 17.7 Å². The molecule has 0 atom stereocenters. The Morgan fingerprint density at radius 3 is 2.11 bits per heavy atom. The summed E-state index contributed by atoms with van der Waals surface area (Å²) in [5.74, 6) is 0. The first-order chi connectivity index (χ1) is 8.38. The van der Waals surface area contributed by atoms with Crippen LogP contribution in [0.1, 0.15) is 32.3 Å². The summed E-state index contributed by atoms with van der Waals surface area (Å²) < 4.78 is 38.5. The van der Waals surface area contributed by atoms with Crippen LogP contribution in [0.5, 0.6) is 0 Å². The fourth-order valence-electron chi connectivity index (χ4n) is 1.81. The molecule has 0 heterocycles. The molecule has 0 bridgehead atoms. The van der Waals surface area contributed by atoms with Crippen LogP contribution in [0, 0.1) is 0 Å². The van der Waals surface area contributed by atoms with Crippen molar-refractivity contribution in [1.82, 2.24) is 0 Å². The normalized spacial score (nSPS) is 12.6. The number of anilines is 1. The number of aliphatic hydroxyl groups excluding tert-OH is 1. The van der Waals surface area contributed by atoms with Gasteiger partial charge in [-0.05, 0) is 25.0 Å². The van der Waals surface area contributed by atoms with Crippen LogP contribution in [0.4, 0.5) is 18.9 Å². The average Bonchev–Trinajstić information content (AvgIpc) is 2.35. The van der Waals surface area contributed by atoms with Gasteiger partial charge in [0, 0.05) is 5.69 Å². The highest BCUT2D eigenvalue weighted by Crippen LogP contribution is 2.36. The second-order valence-corrected chi connectivity index (χ2v) is 4.31. The van der Waals surface area contributed by atoms with E-state index in [1.54, 1.807) is 6.07 Å². The lowest BCUT2D eigenvalue weighted by Crippen LogP contribution is -2.41. The number of alkyl halides is 3. The van der Waals surface area contributed by atoms with Crippen LogP contribution in [-0.4, -0.2) is 17.3 Å². The minimum atomic E-state index is -4.40. The van der Waals surface area contributed by atoms with Crippen molar-refractivity contribution in [2.75, 3.05) is 11.9 Å². The van der Waals surface area contributed by atoms with Gasteiger partial charge in [0.15, 0.2) is 0 Å². The summed E-state index contributed by atoms with van der Waals surface area (Å²) in [6.07, 6.45) is -3.30. The van der Waals surface area contributed by atoms with Gasteiger partial charge < -0.3 is 10.4 Å². The van der Waals surface area contributed by atoms with E-state index in [2.05, 4.69) is 5.32 Å². The molecule has 0 radical (unpaired) electrons. The Hall–Kier alpha value is -1.23. The minimum Gasteiger partial charge on any atom is -0.394 e. The van der Waals surface area contributed by atoms with Gasteiger partial charge in [-0.15, -0.1) is 0 Å². The van der Waals surface area contributed by atoms with Crippen LogP contribution in [0.2, 0.25) is 0 Å². The minimum absolute atomic E-state index is 0.0164. The van der Waals surface area contributed by atoms with E-state index in [0.29, 0.717) is 12.8 Å². The fraction of sp³-hybridized carbons (Fsp3) is 0.538. The molecular weight excluding hydrogens is 243 g/mol. The topological polar surface area (TPSA) is 32.3 Å². The Balaban J connectivity index is 3.11. The van der Waals surface area contributed by atoms with E-state index in [1.807, 2.05) is 13.8 Å². The monoisotopic (exact) mass is 261 g/mol. The van der Waals surface area contributed by atoms with E-state index in [0.717, 1.165) is 6.07 Å². The van der Waals surface area contributed by atoms with Gasteiger partial charge in [-0.3, -0.25) is 0 Å². The fourth-order valence-corrected chi connectivity index (χ4v) is 1.81. The number of aliphatic hydroxyl groups is 1. The molecule has 102 valence electrons. The van der Waals surface area contributed by atoms with E-state index in [9.17, 15) is 18.3 Å². The lowest BCUT2D eigenvalue weighted by Gasteiger charge is -2.33. The predicted octanol–water partition coefficient (Wildman–Crippen LogP) is 3.67. The van der Waals surface area contributed by atoms with E-state index in [-0.39, 0.29) is 12.3 Å². The lowest BCUT2D eigenvalue weighted by atomic mass is 9.93. The van der Waals surface area contributed by atoms with Gasteiger partial charge in [0.25, 0.3) is 0 Å². The lowest BCUT2D eigenvalue weighted by molar-refractivity contribution is -0.137. The summed E-state index contributed by atoms with van der Waals surface area (Å²) in [5.41, 5.74) is -1.39. The van der Waals surface area contributed by atoms with Crippen LogP contribution >= 0.6 is 0 Å². The molecule has 0 aromatic heterocycles. The zero-order chi connectivity index (χ0) is 13.8. The average molecular weight is 261 g/mol. The molecule has 2 nitrogen and oxygen atoms in total. The van der Waals surface area contributed by atoms with Crippen LogP contribution in [0.15, 0.2) is 24.3 Å². The highest BCUT2D eigenvalue weighted by Gasteiger charge is 2.35. The molecule has 1 aromatic rings. The van der Waals surface area contributed by atoms with Gasteiger partial charge in [-0.2, -0.15) is 13.2 Å². The molecule has 0 amide bonds. The smallest absolute Gasteiger partial charge is 0.394 e. The van der Waals surface area contributed by atoms with Gasteiger partial charge in [-0.1, -0.05) is 26.0 Å². The van der Waals surface area contributed by atoms with Crippen LogP contribution < -0.4 is 5.32 Å².